The Morgan fingerprint density at radius 2 is 1.92 bits per heavy atom. The molecule has 0 heterocycles. The van der Waals surface area contributed by atoms with E-state index in [-0.39, 0.29) is 18.0 Å². The number of rotatable bonds is 8. The van der Waals surface area contributed by atoms with E-state index in [0.717, 1.165) is 12.0 Å². The zero-order valence-electron chi connectivity index (χ0n) is 14.3. The molecule has 0 spiro atoms. The lowest BCUT2D eigenvalue weighted by molar-refractivity contribution is -0.117. The van der Waals surface area contributed by atoms with Gasteiger partial charge in [-0.25, -0.2) is 4.79 Å². The first kappa shape index (κ1) is 20.2. The maximum atomic E-state index is 12.4. The summed E-state index contributed by atoms with van der Waals surface area (Å²) in [6, 6.07) is 11.6. The molecule has 2 aromatic rings. The number of nitrogens with zero attached hydrogens (tertiary/aromatic N) is 1. The van der Waals surface area contributed by atoms with Crippen LogP contribution in [0.1, 0.15) is 29.3 Å². The fraction of sp³-hybridized carbons (Fsp3) is 0.263. The Labute approximate surface area is 162 Å². The first-order chi connectivity index (χ1) is 12.4. The maximum Gasteiger partial charge on any atom is 0.335 e. The van der Waals surface area contributed by atoms with Crippen LogP contribution in [0.2, 0.25) is 10.0 Å². The van der Waals surface area contributed by atoms with Crippen molar-refractivity contribution >= 4 is 40.8 Å². The van der Waals surface area contributed by atoms with Crippen LogP contribution in [-0.4, -0.2) is 35.0 Å². The Hall–Kier alpha value is -2.08. The Morgan fingerprint density at radius 1 is 1.15 bits per heavy atom. The number of halogens is 2. The van der Waals surface area contributed by atoms with Crippen molar-refractivity contribution in [3.05, 3.63) is 63.6 Å². The molecule has 0 saturated carbocycles. The summed E-state index contributed by atoms with van der Waals surface area (Å²) in [5, 5.41) is 12.8. The van der Waals surface area contributed by atoms with Crippen LogP contribution in [0, 0.1) is 0 Å². The summed E-state index contributed by atoms with van der Waals surface area (Å²) < 4.78 is 0. The minimum absolute atomic E-state index is 0.171. The number of aromatic carboxylic acids is 1. The number of amides is 1. The molecule has 2 N–H and O–H groups in total. The Kier molecular flexibility index (Phi) is 7.45. The molecule has 0 aliphatic rings. The minimum Gasteiger partial charge on any atom is -0.478 e. The SMILES string of the molecule is CCCN(CC(=O)Nc1ccc(Cl)cc1Cl)Cc1cccc(C(=O)O)c1. The molecule has 2 aromatic carbocycles. The third kappa shape index (κ3) is 6.02. The summed E-state index contributed by atoms with van der Waals surface area (Å²) >= 11 is 11.9. The van der Waals surface area contributed by atoms with Crippen LogP contribution in [0.4, 0.5) is 5.69 Å². The zero-order chi connectivity index (χ0) is 19.1. The second kappa shape index (κ2) is 9.57. The minimum atomic E-state index is -0.969. The predicted molar refractivity (Wildman–Crippen MR) is 104 cm³/mol. The molecule has 0 fully saturated rings. The van der Waals surface area contributed by atoms with Gasteiger partial charge in [0.25, 0.3) is 0 Å². The van der Waals surface area contributed by atoms with Gasteiger partial charge in [0.15, 0.2) is 0 Å². The van der Waals surface area contributed by atoms with Crippen LogP contribution < -0.4 is 5.32 Å². The molecule has 5 nitrogen and oxygen atoms in total. The molecule has 0 bridgehead atoms. The quantitative estimate of drug-likeness (QED) is 0.689. The summed E-state index contributed by atoms with van der Waals surface area (Å²) in [5.41, 5.74) is 1.58. The van der Waals surface area contributed by atoms with Crippen molar-refractivity contribution in [2.75, 3.05) is 18.4 Å². The highest BCUT2D eigenvalue weighted by atomic mass is 35.5. The molecular weight excluding hydrogens is 375 g/mol. The van der Waals surface area contributed by atoms with Gasteiger partial charge >= 0.3 is 5.97 Å². The number of carboxylic acids is 1. The standard InChI is InChI=1S/C19H20Cl2N2O3/c1-2-8-23(11-13-4-3-5-14(9-13)19(25)26)12-18(24)22-17-7-6-15(20)10-16(17)21/h3-7,9-10H,2,8,11-12H2,1H3,(H,22,24)(H,25,26). The number of nitrogens with one attached hydrogen (secondary N) is 1. The van der Waals surface area contributed by atoms with Crippen molar-refractivity contribution in [2.24, 2.45) is 0 Å². The highest BCUT2D eigenvalue weighted by molar-refractivity contribution is 6.36. The fourth-order valence-electron chi connectivity index (χ4n) is 2.57. The van der Waals surface area contributed by atoms with E-state index < -0.39 is 5.97 Å². The van der Waals surface area contributed by atoms with Crippen molar-refractivity contribution in [1.82, 2.24) is 4.90 Å². The van der Waals surface area contributed by atoms with Gasteiger partial charge in [-0.1, -0.05) is 42.3 Å². The summed E-state index contributed by atoms with van der Waals surface area (Å²) in [6.07, 6.45) is 0.869. The summed E-state index contributed by atoms with van der Waals surface area (Å²) in [6.45, 7) is 3.38. The van der Waals surface area contributed by atoms with Crippen molar-refractivity contribution in [3.63, 3.8) is 0 Å². The van der Waals surface area contributed by atoms with Gasteiger partial charge in [0.2, 0.25) is 5.91 Å². The van der Waals surface area contributed by atoms with Crippen LogP contribution in [-0.2, 0) is 11.3 Å². The monoisotopic (exact) mass is 394 g/mol. The summed E-state index contributed by atoms with van der Waals surface area (Å²) in [4.78, 5) is 25.4. The van der Waals surface area contributed by atoms with Gasteiger partial charge in [-0.2, -0.15) is 0 Å². The van der Waals surface area contributed by atoms with Crippen LogP contribution in [0.3, 0.4) is 0 Å². The van der Waals surface area contributed by atoms with Gasteiger partial charge in [0.05, 0.1) is 22.8 Å². The zero-order valence-corrected chi connectivity index (χ0v) is 15.8. The first-order valence-corrected chi connectivity index (χ1v) is 8.94. The molecule has 0 unspecified atom stereocenters. The van der Waals surface area contributed by atoms with Gasteiger partial charge < -0.3 is 10.4 Å². The molecule has 2 rings (SSSR count). The van der Waals surface area contributed by atoms with E-state index in [4.69, 9.17) is 28.3 Å². The van der Waals surface area contributed by atoms with E-state index in [1.165, 1.54) is 0 Å². The number of carbonyl (C=O) groups is 2. The first-order valence-electron chi connectivity index (χ1n) is 8.18. The molecule has 0 aromatic heterocycles. The highest BCUT2D eigenvalue weighted by Crippen LogP contribution is 2.25. The molecule has 0 aliphatic carbocycles. The van der Waals surface area contributed by atoms with Crippen LogP contribution in [0.15, 0.2) is 42.5 Å². The number of benzene rings is 2. The van der Waals surface area contributed by atoms with E-state index in [2.05, 4.69) is 5.32 Å². The lowest BCUT2D eigenvalue weighted by atomic mass is 10.1. The summed E-state index contributed by atoms with van der Waals surface area (Å²) in [5.74, 6) is -1.17. The third-order valence-corrected chi connectivity index (χ3v) is 4.24. The molecular formula is C19H20Cl2N2O3. The van der Waals surface area contributed by atoms with Gasteiger partial charge in [-0.3, -0.25) is 9.69 Å². The Balaban J connectivity index is 2.03. The smallest absolute Gasteiger partial charge is 0.335 e. The third-order valence-electron chi connectivity index (χ3n) is 3.69. The van der Waals surface area contributed by atoms with Gasteiger partial charge in [0.1, 0.15) is 0 Å². The topological polar surface area (TPSA) is 69.6 Å². The highest BCUT2D eigenvalue weighted by Gasteiger charge is 2.13. The fourth-order valence-corrected chi connectivity index (χ4v) is 3.03. The van der Waals surface area contributed by atoms with Gasteiger partial charge in [0, 0.05) is 11.6 Å². The Morgan fingerprint density at radius 3 is 2.58 bits per heavy atom. The van der Waals surface area contributed by atoms with E-state index >= 15 is 0 Å². The second-order valence-electron chi connectivity index (χ2n) is 5.89. The normalized spacial score (nSPS) is 10.8. The molecule has 0 aliphatic heterocycles. The van der Waals surface area contributed by atoms with Crippen molar-refractivity contribution in [3.8, 4) is 0 Å². The average Bonchev–Trinajstić information content (AvgIpc) is 2.58. The van der Waals surface area contributed by atoms with Crippen LogP contribution in [0.5, 0.6) is 0 Å². The Bertz CT molecular complexity index is 796. The molecule has 1 amide bonds. The van der Waals surface area contributed by atoms with E-state index in [9.17, 15) is 9.59 Å². The largest absolute Gasteiger partial charge is 0.478 e. The molecule has 0 saturated heterocycles. The predicted octanol–water partition coefficient (Wildman–Crippen LogP) is 4.54. The van der Waals surface area contributed by atoms with E-state index in [1.54, 1.807) is 36.4 Å². The van der Waals surface area contributed by atoms with E-state index in [0.29, 0.717) is 28.8 Å². The van der Waals surface area contributed by atoms with Crippen molar-refractivity contribution < 1.29 is 14.7 Å². The number of carboxylic acid groups (broad SMARTS) is 1. The summed E-state index contributed by atoms with van der Waals surface area (Å²) in [7, 11) is 0. The number of hydrogen-bond donors (Lipinski definition) is 2. The van der Waals surface area contributed by atoms with Gasteiger partial charge in [-0.15, -0.1) is 0 Å². The lowest BCUT2D eigenvalue weighted by Gasteiger charge is -2.21. The molecule has 7 heteroatoms. The number of carbonyl (C=O) groups excluding carboxylic acids is 1. The molecule has 0 radical (unpaired) electrons. The molecule has 138 valence electrons. The lowest BCUT2D eigenvalue weighted by Crippen LogP contribution is -2.33. The van der Waals surface area contributed by atoms with Gasteiger partial charge in [-0.05, 0) is 48.9 Å². The maximum absolute atomic E-state index is 12.4. The van der Waals surface area contributed by atoms with Crippen LogP contribution in [0.25, 0.3) is 0 Å². The molecule has 26 heavy (non-hydrogen) atoms. The van der Waals surface area contributed by atoms with Crippen LogP contribution >= 0.6 is 23.2 Å². The molecule has 0 atom stereocenters. The average molecular weight is 395 g/mol. The van der Waals surface area contributed by atoms with Crippen molar-refractivity contribution in [1.29, 1.82) is 0 Å². The second-order valence-corrected chi connectivity index (χ2v) is 6.73. The van der Waals surface area contributed by atoms with Crippen molar-refractivity contribution in [2.45, 2.75) is 19.9 Å². The van der Waals surface area contributed by atoms with E-state index in [1.807, 2.05) is 17.9 Å². The number of hydrogen-bond acceptors (Lipinski definition) is 3. The number of anilines is 1.